The highest BCUT2D eigenvalue weighted by Gasteiger charge is 2.30. The second-order valence-corrected chi connectivity index (χ2v) is 4.46. The van der Waals surface area contributed by atoms with Crippen molar-refractivity contribution in [3.05, 3.63) is 36.0 Å². The van der Waals surface area contributed by atoms with Crippen molar-refractivity contribution in [3.8, 4) is 0 Å². The Morgan fingerprint density at radius 1 is 1.29 bits per heavy atom. The molecule has 2 rings (SSSR count). The second-order valence-electron chi connectivity index (χ2n) is 4.46. The minimum atomic E-state index is -0.487. The van der Waals surface area contributed by atoms with Crippen molar-refractivity contribution < 1.29 is 19.5 Å². The SMILES string of the molecule is CC(=O)Nc1cccc(NC2=CC(=O)N(CCO)C2=O)c1. The zero-order valence-electron chi connectivity index (χ0n) is 11.4. The van der Waals surface area contributed by atoms with Crippen LogP contribution < -0.4 is 10.6 Å². The molecule has 7 heteroatoms. The number of β-amino-alcohol motifs (C(OH)–C–C–N with tert-alkyl or cyclic N) is 1. The van der Waals surface area contributed by atoms with Crippen LogP contribution in [0.25, 0.3) is 0 Å². The average molecular weight is 289 g/mol. The molecule has 21 heavy (non-hydrogen) atoms. The highest BCUT2D eigenvalue weighted by atomic mass is 16.3. The molecule has 0 aliphatic carbocycles. The Morgan fingerprint density at radius 2 is 2.00 bits per heavy atom. The molecule has 0 bridgehead atoms. The maximum atomic E-state index is 12.0. The van der Waals surface area contributed by atoms with Crippen LogP contribution in [-0.2, 0) is 14.4 Å². The van der Waals surface area contributed by atoms with Crippen LogP contribution in [-0.4, -0.2) is 40.9 Å². The van der Waals surface area contributed by atoms with Crippen LogP contribution in [0.15, 0.2) is 36.0 Å². The summed E-state index contributed by atoms with van der Waals surface area (Å²) in [4.78, 5) is 35.5. The van der Waals surface area contributed by atoms with Crippen LogP contribution in [0.4, 0.5) is 11.4 Å². The molecule has 0 atom stereocenters. The first kappa shape index (κ1) is 14.7. The summed E-state index contributed by atoms with van der Waals surface area (Å²) in [6, 6.07) is 6.77. The van der Waals surface area contributed by atoms with Gasteiger partial charge in [0.25, 0.3) is 11.8 Å². The van der Waals surface area contributed by atoms with E-state index in [4.69, 9.17) is 5.11 Å². The number of hydrogen-bond acceptors (Lipinski definition) is 5. The minimum absolute atomic E-state index is 0.0364. The van der Waals surface area contributed by atoms with Gasteiger partial charge in [0.15, 0.2) is 0 Å². The van der Waals surface area contributed by atoms with Crippen molar-refractivity contribution in [2.24, 2.45) is 0 Å². The molecule has 110 valence electrons. The quantitative estimate of drug-likeness (QED) is 0.677. The van der Waals surface area contributed by atoms with E-state index in [1.54, 1.807) is 24.3 Å². The predicted octanol–water partition coefficient (Wildman–Crippen LogP) is 0.302. The predicted molar refractivity (Wildman–Crippen MR) is 76.3 cm³/mol. The zero-order chi connectivity index (χ0) is 15.4. The maximum Gasteiger partial charge on any atom is 0.277 e. The Balaban J connectivity index is 2.12. The van der Waals surface area contributed by atoms with Crippen molar-refractivity contribution in [1.82, 2.24) is 4.90 Å². The largest absolute Gasteiger partial charge is 0.395 e. The van der Waals surface area contributed by atoms with E-state index < -0.39 is 11.8 Å². The van der Waals surface area contributed by atoms with Gasteiger partial charge in [-0.25, -0.2) is 0 Å². The molecule has 1 aromatic carbocycles. The molecule has 0 saturated carbocycles. The lowest BCUT2D eigenvalue weighted by Crippen LogP contribution is -2.34. The molecule has 1 aromatic rings. The fraction of sp³-hybridized carbons (Fsp3) is 0.214. The minimum Gasteiger partial charge on any atom is -0.395 e. The van der Waals surface area contributed by atoms with Gasteiger partial charge in [0.1, 0.15) is 5.70 Å². The maximum absolute atomic E-state index is 12.0. The Hall–Kier alpha value is -2.67. The van der Waals surface area contributed by atoms with Gasteiger partial charge in [0.2, 0.25) is 5.91 Å². The molecule has 0 fully saturated rings. The summed E-state index contributed by atoms with van der Waals surface area (Å²) in [5, 5.41) is 14.3. The lowest BCUT2D eigenvalue weighted by atomic mass is 10.2. The molecule has 3 amide bonds. The van der Waals surface area contributed by atoms with Crippen molar-refractivity contribution in [2.75, 3.05) is 23.8 Å². The van der Waals surface area contributed by atoms with Gasteiger partial charge in [0, 0.05) is 24.4 Å². The van der Waals surface area contributed by atoms with Crippen LogP contribution in [0, 0.1) is 0 Å². The van der Waals surface area contributed by atoms with Crippen LogP contribution in [0.5, 0.6) is 0 Å². The number of aliphatic hydroxyl groups is 1. The number of nitrogens with one attached hydrogen (secondary N) is 2. The third-order valence-corrected chi connectivity index (χ3v) is 2.79. The lowest BCUT2D eigenvalue weighted by molar-refractivity contribution is -0.137. The number of rotatable bonds is 5. The third kappa shape index (κ3) is 3.46. The number of aliphatic hydroxyl groups excluding tert-OH is 1. The average Bonchev–Trinajstić information content (AvgIpc) is 2.66. The van der Waals surface area contributed by atoms with Gasteiger partial charge in [-0.05, 0) is 18.2 Å². The summed E-state index contributed by atoms with van der Waals surface area (Å²) in [7, 11) is 0. The van der Waals surface area contributed by atoms with E-state index in [1.165, 1.54) is 13.0 Å². The number of nitrogens with zero attached hydrogens (tertiary/aromatic N) is 1. The zero-order valence-corrected chi connectivity index (χ0v) is 11.4. The number of carbonyl (C=O) groups excluding carboxylic acids is 3. The topological polar surface area (TPSA) is 98.7 Å². The molecule has 1 heterocycles. The molecule has 0 saturated heterocycles. The molecule has 3 N–H and O–H groups in total. The van der Waals surface area contributed by atoms with Gasteiger partial charge in [-0.15, -0.1) is 0 Å². The fourth-order valence-corrected chi connectivity index (χ4v) is 1.94. The number of hydrogen-bond donors (Lipinski definition) is 3. The van der Waals surface area contributed by atoms with Crippen molar-refractivity contribution in [1.29, 1.82) is 0 Å². The fourth-order valence-electron chi connectivity index (χ4n) is 1.94. The number of anilines is 2. The highest BCUT2D eigenvalue weighted by molar-refractivity contribution is 6.17. The molecule has 0 radical (unpaired) electrons. The summed E-state index contributed by atoms with van der Waals surface area (Å²) in [6.45, 7) is 1.08. The van der Waals surface area contributed by atoms with Crippen molar-refractivity contribution in [2.45, 2.75) is 6.92 Å². The molecule has 0 aromatic heterocycles. The normalized spacial score (nSPS) is 14.2. The number of imide groups is 1. The molecule has 0 unspecified atom stereocenters. The van der Waals surface area contributed by atoms with E-state index >= 15 is 0 Å². The first-order valence-corrected chi connectivity index (χ1v) is 6.34. The van der Waals surface area contributed by atoms with Crippen LogP contribution in [0.2, 0.25) is 0 Å². The smallest absolute Gasteiger partial charge is 0.277 e. The Bertz CT molecular complexity index is 624. The summed E-state index contributed by atoms with van der Waals surface area (Å²) in [5.74, 6) is -1.15. The summed E-state index contributed by atoms with van der Waals surface area (Å²) >= 11 is 0. The van der Waals surface area contributed by atoms with Gasteiger partial charge in [0.05, 0.1) is 13.2 Å². The van der Waals surface area contributed by atoms with Gasteiger partial charge in [-0.3, -0.25) is 19.3 Å². The molecule has 1 aliphatic rings. The van der Waals surface area contributed by atoms with Gasteiger partial charge < -0.3 is 15.7 Å². The Kier molecular flexibility index (Phi) is 4.34. The highest BCUT2D eigenvalue weighted by Crippen LogP contribution is 2.20. The van der Waals surface area contributed by atoms with E-state index in [0.717, 1.165) is 4.90 Å². The van der Waals surface area contributed by atoms with E-state index in [0.29, 0.717) is 11.4 Å². The summed E-state index contributed by atoms with van der Waals surface area (Å²) in [5.41, 5.74) is 1.28. The first-order valence-electron chi connectivity index (χ1n) is 6.34. The van der Waals surface area contributed by atoms with E-state index in [2.05, 4.69) is 10.6 Å². The van der Waals surface area contributed by atoms with Crippen molar-refractivity contribution >= 4 is 29.1 Å². The van der Waals surface area contributed by atoms with Crippen LogP contribution in [0.3, 0.4) is 0 Å². The molecular weight excluding hydrogens is 274 g/mol. The standard InChI is InChI=1S/C14H15N3O4/c1-9(19)15-10-3-2-4-11(7-10)16-12-8-13(20)17(5-6-18)14(12)21/h2-4,7-8,16,18H,5-6H2,1H3,(H,15,19). The monoisotopic (exact) mass is 289 g/mol. The van der Waals surface area contributed by atoms with Gasteiger partial charge in [-0.1, -0.05) is 6.07 Å². The lowest BCUT2D eigenvalue weighted by Gasteiger charge is -2.13. The number of benzene rings is 1. The van der Waals surface area contributed by atoms with Crippen LogP contribution >= 0.6 is 0 Å². The van der Waals surface area contributed by atoms with E-state index in [-0.39, 0.29) is 24.8 Å². The third-order valence-electron chi connectivity index (χ3n) is 2.79. The summed E-state index contributed by atoms with van der Waals surface area (Å²) < 4.78 is 0. The molecule has 0 spiro atoms. The van der Waals surface area contributed by atoms with Gasteiger partial charge >= 0.3 is 0 Å². The molecule has 1 aliphatic heterocycles. The van der Waals surface area contributed by atoms with Gasteiger partial charge in [-0.2, -0.15) is 0 Å². The molecular formula is C14H15N3O4. The van der Waals surface area contributed by atoms with Crippen molar-refractivity contribution in [3.63, 3.8) is 0 Å². The molecule has 7 nitrogen and oxygen atoms in total. The first-order chi connectivity index (χ1) is 10.0. The Labute approximate surface area is 121 Å². The Morgan fingerprint density at radius 3 is 2.67 bits per heavy atom. The second kappa shape index (κ2) is 6.19. The van der Waals surface area contributed by atoms with Crippen LogP contribution in [0.1, 0.15) is 6.92 Å². The summed E-state index contributed by atoms with van der Waals surface area (Å²) in [6.07, 6.45) is 1.18. The number of amides is 3. The number of carbonyl (C=O) groups is 3. The van der Waals surface area contributed by atoms with E-state index in [1.807, 2.05) is 0 Å². The van der Waals surface area contributed by atoms with E-state index in [9.17, 15) is 14.4 Å².